The minimum Gasteiger partial charge on any atom is -0.488 e. The molecule has 0 bridgehead atoms. The van der Waals surface area contributed by atoms with Crippen LogP contribution < -0.4 is 10.3 Å². The Morgan fingerprint density at radius 3 is 2.74 bits per heavy atom. The Balaban J connectivity index is 2.10. The molecule has 2 aromatic heterocycles. The fourth-order valence-corrected chi connectivity index (χ4v) is 2.51. The van der Waals surface area contributed by atoms with Crippen molar-refractivity contribution in [2.24, 2.45) is 0 Å². The Morgan fingerprint density at radius 2 is 2.04 bits per heavy atom. The van der Waals surface area contributed by atoms with Gasteiger partial charge in [0.2, 0.25) is 0 Å². The second kappa shape index (κ2) is 5.57. The lowest BCUT2D eigenvalue weighted by atomic mass is 10.1. The van der Waals surface area contributed by atoms with Crippen LogP contribution in [0.1, 0.15) is 33.3 Å². The van der Waals surface area contributed by atoms with Gasteiger partial charge in [-0.1, -0.05) is 19.1 Å². The smallest absolute Gasteiger partial charge is 0.273 e. The van der Waals surface area contributed by atoms with Crippen molar-refractivity contribution in [1.82, 2.24) is 14.6 Å². The van der Waals surface area contributed by atoms with E-state index in [2.05, 4.69) is 10.1 Å². The zero-order valence-corrected chi connectivity index (χ0v) is 13.9. The third-order valence-electron chi connectivity index (χ3n) is 3.51. The van der Waals surface area contributed by atoms with Gasteiger partial charge >= 0.3 is 0 Å². The van der Waals surface area contributed by atoms with Crippen molar-refractivity contribution in [2.75, 3.05) is 0 Å². The molecule has 23 heavy (non-hydrogen) atoms. The van der Waals surface area contributed by atoms with Crippen molar-refractivity contribution < 1.29 is 4.74 Å². The molecule has 0 atom stereocenters. The van der Waals surface area contributed by atoms with Crippen molar-refractivity contribution in [3.63, 3.8) is 0 Å². The number of benzene rings is 1. The average Bonchev–Trinajstić information content (AvgIpc) is 2.89. The summed E-state index contributed by atoms with van der Waals surface area (Å²) in [6, 6.07) is 9.22. The van der Waals surface area contributed by atoms with Crippen LogP contribution in [0.15, 0.2) is 41.3 Å². The van der Waals surface area contributed by atoms with Gasteiger partial charge in [0, 0.05) is 23.4 Å². The highest BCUT2D eigenvalue weighted by atomic mass is 16.5. The molecule has 1 N–H and O–H groups in total. The monoisotopic (exact) mass is 311 g/mol. The van der Waals surface area contributed by atoms with E-state index in [1.165, 1.54) is 4.52 Å². The van der Waals surface area contributed by atoms with Gasteiger partial charge in [0.25, 0.3) is 5.56 Å². The lowest BCUT2D eigenvalue weighted by molar-refractivity contribution is 0.131. The van der Waals surface area contributed by atoms with Crippen LogP contribution in [0.3, 0.4) is 0 Å². The zero-order chi connectivity index (χ0) is 16.6. The van der Waals surface area contributed by atoms with Gasteiger partial charge in [-0.05, 0) is 39.3 Å². The maximum absolute atomic E-state index is 12.3. The number of ether oxygens (including phenoxy) is 1. The van der Waals surface area contributed by atoms with Crippen molar-refractivity contribution in [3.8, 4) is 17.0 Å². The van der Waals surface area contributed by atoms with Crippen LogP contribution in [0.25, 0.3) is 16.9 Å². The van der Waals surface area contributed by atoms with E-state index in [1.54, 1.807) is 6.07 Å². The molecule has 3 rings (SSSR count). The van der Waals surface area contributed by atoms with E-state index < -0.39 is 0 Å². The molecule has 0 spiro atoms. The Hall–Kier alpha value is -2.56. The van der Waals surface area contributed by atoms with E-state index in [1.807, 2.05) is 58.2 Å². The molecule has 5 nitrogen and oxygen atoms in total. The van der Waals surface area contributed by atoms with Gasteiger partial charge in [-0.2, -0.15) is 0 Å². The second-order valence-corrected chi connectivity index (χ2v) is 6.53. The molecule has 0 saturated heterocycles. The van der Waals surface area contributed by atoms with E-state index in [4.69, 9.17) is 4.74 Å². The van der Waals surface area contributed by atoms with E-state index in [-0.39, 0.29) is 11.2 Å². The number of nitrogens with zero attached hydrogens (tertiary/aromatic N) is 2. The van der Waals surface area contributed by atoms with Gasteiger partial charge < -0.3 is 4.74 Å². The fraction of sp³-hybridized carbons (Fsp3) is 0.333. The topological polar surface area (TPSA) is 59.4 Å². The Morgan fingerprint density at radius 1 is 1.26 bits per heavy atom. The first-order valence-corrected chi connectivity index (χ1v) is 7.77. The molecule has 0 saturated carbocycles. The number of hydrogen-bond donors (Lipinski definition) is 1. The summed E-state index contributed by atoms with van der Waals surface area (Å²) >= 11 is 0. The highest BCUT2D eigenvalue weighted by Gasteiger charge is 2.13. The summed E-state index contributed by atoms with van der Waals surface area (Å²) in [6.07, 6.45) is 2.64. The predicted molar refractivity (Wildman–Crippen MR) is 91.0 cm³/mol. The lowest BCUT2D eigenvalue weighted by Gasteiger charge is -2.21. The third-order valence-corrected chi connectivity index (χ3v) is 3.51. The van der Waals surface area contributed by atoms with Gasteiger partial charge in [-0.3, -0.25) is 9.89 Å². The van der Waals surface area contributed by atoms with Crippen LogP contribution in [0, 0.1) is 0 Å². The fourth-order valence-electron chi connectivity index (χ4n) is 2.51. The van der Waals surface area contributed by atoms with Gasteiger partial charge in [-0.25, -0.2) is 9.50 Å². The molecule has 1 aromatic carbocycles. The minimum absolute atomic E-state index is 0.119. The zero-order valence-electron chi connectivity index (χ0n) is 13.9. The molecule has 0 radical (unpaired) electrons. The Bertz CT molecular complexity index is 901. The van der Waals surface area contributed by atoms with E-state index in [0.29, 0.717) is 11.3 Å². The molecule has 5 heteroatoms. The highest BCUT2D eigenvalue weighted by Crippen LogP contribution is 2.25. The summed E-state index contributed by atoms with van der Waals surface area (Å²) in [5, 5.41) is 2.95. The van der Waals surface area contributed by atoms with Crippen LogP contribution >= 0.6 is 0 Å². The number of rotatable bonds is 3. The Labute approximate surface area is 134 Å². The summed E-state index contributed by atoms with van der Waals surface area (Å²) in [6.45, 7) is 8.05. The molecule has 120 valence electrons. The number of fused-ring (bicyclic) bond motifs is 1. The molecular weight excluding hydrogens is 290 g/mol. The van der Waals surface area contributed by atoms with Crippen molar-refractivity contribution >= 4 is 5.65 Å². The quantitative estimate of drug-likeness (QED) is 0.806. The summed E-state index contributed by atoms with van der Waals surface area (Å²) in [4.78, 5) is 16.9. The lowest BCUT2D eigenvalue weighted by Crippen LogP contribution is -2.22. The van der Waals surface area contributed by atoms with Crippen LogP contribution in [0.2, 0.25) is 0 Å². The summed E-state index contributed by atoms with van der Waals surface area (Å²) < 4.78 is 7.36. The first-order chi connectivity index (χ1) is 10.9. The molecule has 0 amide bonds. The van der Waals surface area contributed by atoms with Gasteiger partial charge in [0.05, 0.1) is 5.69 Å². The van der Waals surface area contributed by atoms with Gasteiger partial charge in [-0.15, -0.1) is 0 Å². The molecule has 2 heterocycles. The number of aromatic nitrogens is 3. The minimum atomic E-state index is -0.272. The number of aryl methyl sites for hydroxylation is 1. The van der Waals surface area contributed by atoms with Crippen LogP contribution in [-0.2, 0) is 6.42 Å². The number of nitrogens with one attached hydrogen (secondary N) is 1. The normalized spacial score (nSPS) is 11.8. The van der Waals surface area contributed by atoms with E-state index >= 15 is 0 Å². The van der Waals surface area contributed by atoms with Crippen molar-refractivity contribution in [1.29, 1.82) is 0 Å². The van der Waals surface area contributed by atoms with Crippen molar-refractivity contribution in [3.05, 3.63) is 52.4 Å². The van der Waals surface area contributed by atoms with Crippen molar-refractivity contribution in [2.45, 2.75) is 39.7 Å². The molecule has 0 aliphatic carbocycles. The summed E-state index contributed by atoms with van der Waals surface area (Å²) in [5.41, 5.74) is 2.83. The molecular formula is C18H21N3O2. The molecule has 0 aliphatic heterocycles. The van der Waals surface area contributed by atoms with Crippen LogP contribution in [0.5, 0.6) is 5.75 Å². The number of hydrogen-bond acceptors (Lipinski definition) is 3. The third kappa shape index (κ3) is 3.13. The Kier molecular flexibility index (Phi) is 3.72. The van der Waals surface area contributed by atoms with E-state index in [0.717, 1.165) is 23.3 Å². The van der Waals surface area contributed by atoms with Crippen LogP contribution in [0.4, 0.5) is 0 Å². The standard InChI is InChI=1S/C18H21N3O2/c1-5-12-11-19-21-16(22)10-15(20-17(12)21)13-7-6-8-14(9-13)23-18(2,3)4/h6-11,19H,5H2,1-4H3. The average molecular weight is 311 g/mol. The maximum atomic E-state index is 12.3. The highest BCUT2D eigenvalue weighted by molar-refractivity contribution is 5.64. The number of aromatic amines is 1. The SMILES string of the molecule is CCc1c[nH]n2c(=O)cc(-c3cccc(OC(C)(C)C)c3)nc12. The summed E-state index contributed by atoms with van der Waals surface area (Å²) in [7, 11) is 0. The maximum Gasteiger partial charge on any atom is 0.273 e. The first-order valence-electron chi connectivity index (χ1n) is 7.77. The molecule has 0 unspecified atom stereocenters. The van der Waals surface area contributed by atoms with Gasteiger partial charge in [0.1, 0.15) is 11.4 Å². The van der Waals surface area contributed by atoms with E-state index in [9.17, 15) is 4.79 Å². The van der Waals surface area contributed by atoms with Crippen LogP contribution in [-0.4, -0.2) is 20.2 Å². The first kappa shape index (κ1) is 15.3. The molecule has 0 aliphatic rings. The molecule has 3 aromatic rings. The second-order valence-electron chi connectivity index (χ2n) is 6.53. The molecule has 0 fully saturated rings. The number of H-pyrrole nitrogens is 1. The predicted octanol–water partition coefficient (Wildman–Crippen LogP) is 3.43. The largest absolute Gasteiger partial charge is 0.488 e. The van der Waals surface area contributed by atoms with Gasteiger partial charge in [0.15, 0.2) is 5.65 Å². The summed E-state index contributed by atoms with van der Waals surface area (Å²) in [5.74, 6) is 0.766.